The lowest BCUT2D eigenvalue weighted by Gasteiger charge is -2.31. The normalized spacial score (nSPS) is 22.8. The maximum absolute atomic E-state index is 12.8. The van der Waals surface area contributed by atoms with Crippen LogP contribution in [0, 0.1) is 5.92 Å². The molecular weight excluding hydrogens is 482 g/mol. The summed E-state index contributed by atoms with van der Waals surface area (Å²) >= 11 is 0. The molecule has 0 atom stereocenters. The van der Waals surface area contributed by atoms with Crippen molar-refractivity contribution in [1.29, 1.82) is 0 Å². The molecule has 8 heteroatoms. The number of aromatic hydroxyl groups is 1. The summed E-state index contributed by atoms with van der Waals surface area (Å²) in [6.45, 7) is 0.451. The topological polar surface area (TPSA) is 56.7 Å². The van der Waals surface area contributed by atoms with Crippen LogP contribution in [0.3, 0.4) is 0 Å². The number of nitrogens with zero attached hydrogens (tertiary/aromatic N) is 1. The predicted molar refractivity (Wildman–Crippen MR) is 115 cm³/mol. The van der Waals surface area contributed by atoms with Crippen molar-refractivity contribution in [2.24, 2.45) is 10.9 Å². The summed E-state index contributed by atoms with van der Waals surface area (Å²) in [5.74, 6) is -0.333. The zero-order chi connectivity index (χ0) is 19.4. The van der Waals surface area contributed by atoms with Crippen LogP contribution in [0.25, 0.3) is 0 Å². The van der Waals surface area contributed by atoms with Gasteiger partial charge in [-0.2, -0.15) is 13.2 Å². The van der Waals surface area contributed by atoms with Crippen LogP contribution < -0.4 is 10.6 Å². The van der Waals surface area contributed by atoms with Gasteiger partial charge in [-0.1, -0.05) is 6.07 Å². The molecule has 3 N–H and O–H groups in total. The third-order valence-corrected chi connectivity index (χ3v) is 5.81. The summed E-state index contributed by atoms with van der Waals surface area (Å²) in [6.07, 6.45) is 1.50. The number of guanidine groups is 1. The molecule has 0 aromatic heterocycles. The number of phenolic OH excluding ortho intramolecular Hbond substituents is 1. The van der Waals surface area contributed by atoms with E-state index in [-0.39, 0.29) is 48.6 Å². The summed E-state index contributed by atoms with van der Waals surface area (Å²) in [5.41, 5.74) is 3.41. The van der Waals surface area contributed by atoms with Gasteiger partial charge in [-0.15, -0.1) is 24.0 Å². The van der Waals surface area contributed by atoms with Crippen molar-refractivity contribution >= 4 is 29.9 Å². The van der Waals surface area contributed by atoms with Gasteiger partial charge >= 0.3 is 6.18 Å². The van der Waals surface area contributed by atoms with Crippen molar-refractivity contribution in [2.75, 3.05) is 7.05 Å². The predicted octanol–water partition coefficient (Wildman–Crippen LogP) is 4.68. The second-order valence-corrected chi connectivity index (χ2v) is 7.57. The van der Waals surface area contributed by atoms with Gasteiger partial charge < -0.3 is 15.7 Å². The fourth-order valence-electron chi connectivity index (χ4n) is 4.21. The van der Waals surface area contributed by atoms with Gasteiger partial charge in [0.25, 0.3) is 0 Å². The first-order valence-electron chi connectivity index (χ1n) is 9.75. The Labute approximate surface area is 181 Å². The number of hydrogen-bond acceptors (Lipinski definition) is 2. The molecule has 28 heavy (non-hydrogen) atoms. The zero-order valence-electron chi connectivity index (χ0n) is 16.1. The molecule has 3 rings (SSSR count). The number of alkyl halides is 3. The number of rotatable bonds is 3. The van der Waals surface area contributed by atoms with Crippen LogP contribution in [-0.2, 0) is 19.4 Å². The Balaban J connectivity index is 0.00000280. The smallest absolute Gasteiger partial charge is 0.391 e. The van der Waals surface area contributed by atoms with Crippen LogP contribution in [0.5, 0.6) is 5.75 Å². The van der Waals surface area contributed by atoms with Crippen molar-refractivity contribution in [2.45, 2.75) is 70.1 Å². The molecule has 0 aliphatic heterocycles. The highest BCUT2D eigenvalue weighted by atomic mass is 127. The van der Waals surface area contributed by atoms with Crippen molar-refractivity contribution < 1.29 is 18.3 Å². The van der Waals surface area contributed by atoms with Crippen LogP contribution in [0.1, 0.15) is 55.2 Å². The Hall–Kier alpha value is -1.19. The van der Waals surface area contributed by atoms with E-state index < -0.39 is 12.1 Å². The molecular formula is C20H29F3IN3O. The molecule has 1 aromatic rings. The summed E-state index contributed by atoms with van der Waals surface area (Å²) in [4.78, 5) is 4.20. The van der Waals surface area contributed by atoms with Crippen molar-refractivity contribution in [3.05, 3.63) is 28.8 Å². The SMILES string of the molecule is CN=C(NCc1c(O)ccc2c1CCCC2)NC1CCC(C(F)(F)F)CC1.I. The van der Waals surface area contributed by atoms with Crippen LogP contribution in [0.15, 0.2) is 17.1 Å². The molecule has 2 aliphatic carbocycles. The Morgan fingerprint density at radius 3 is 2.46 bits per heavy atom. The molecule has 0 bridgehead atoms. The minimum absolute atomic E-state index is 0. The number of hydrogen-bond donors (Lipinski definition) is 3. The highest BCUT2D eigenvalue weighted by Crippen LogP contribution is 2.37. The van der Waals surface area contributed by atoms with Crippen LogP contribution in [0.2, 0.25) is 0 Å². The summed E-state index contributed by atoms with van der Waals surface area (Å²) < 4.78 is 38.4. The average molecular weight is 511 g/mol. The molecule has 0 saturated heterocycles. The third-order valence-electron chi connectivity index (χ3n) is 5.81. The Bertz CT molecular complexity index is 686. The standard InChI is InChI=1S/C20H28F3N3O.HI/c1-24-19(26-15-9-7-14(8-10-15)20(21,22)23)25-12-17-16-5-3-2-4-13(16)6-11-18(17)27;/h6,11,14-15,27H,2-5,7-10,12H2,1H3,(H2,24,25,26);1H. The number of benzene rings is 1. The first-order valence-corrected chi connectivity index (χ1v) is 9.75. The van der Waals surface area contributed by atoms with E-state index in [1.807, 2.05) is 6.07 Å². The molecule has 4 nitrogen and oxygen atoms in total. The highest BCUT2D eigenvalue weighted by molar-refractivity contribution is 14.0. The highest BCUT2D eigenvalue weighted by Gasteiger charge is 2.41. The van der Waals surface area contributed by atoms with E-state index >= 15 is 0 Å². The lowest BCUT2D eigenvalue weighted by molar-refractivity contribution is -0.182. The first kappa shape index (κ1) is 23.1. The fourth-order valence-corrected chi connectivity index (χ4v) is 4.21. The number of phenols is 1. The molecule has 0 radical (unpaired) electrons. The molecule has 1 aromatic carbocycles. The van der Waals surface area contributed by atoms with E-state index in [1.165, 1.54) is 17.5 Å². The molecule has 158 valence electrons. The van der Waals surface area contributed by atoms with Gasteiger partial charge in [-0.25, -0.2) is 0 Å². The van der Waals surface area contributed by atoms with E-state index in [4.69, 9.17) is 0 Å². The fraction of sp³-hybridized carbons (Fsp3) is 0.650. The molecule has 1 saturated carbocycles. The van der Waals surface area contributed by atoms with Crippen LogP contribution in [-0.4, -0.2) is 30.3 Å². The Morgan fingerprint density at radius 2 is 1.82 bits per heavy atom. The summed E-state index contributed by atoms with van der Waals surface area (Å²) in [7, 11) is 1.65. The van der Waals surface area contributed by atoms with Gasteiger partial charge in [0.15, 0.2) is 5.96 Å². The molecule has 0 amide bonds. The summed E-state index contributed by atoms with van der Waals surface area (Å²) in [5, 5.41) is 16.7. The van der Waals surface area contributed by atoms with Gasteiger partial charge in [0.2, 0.25) is 0 Å². The summed E-state index contributed by atoms with van der Waals surface area (Å²) in [6, 6.07) is 3.74. The van der Waals surface area contributed by atoms with Crippen LogP contribution in [0.4, 0.5) is 13.2 Å². The Kier molecular flexibility index (Phi) is 8.27. The Morgan fingerprint density at radius 1 is 1.14 bits per heavy atom. The van der Waals surface area contributed by atoms with E-state index in [0.717, 1.165) is 24.8 Å². The average Bonchev–Trinajstić information content (AvgIpc) is 2.66. The van der Waals surface area contributed by atoms with Crippen molar-refractivity contribution in [3.8, 4) is 5.75 Å². The quantitative estimate of drug-likeness (QED) is 0.314. The number of halogens is 4. The minimum atomic E-state index is -4.09. The maximum Gasteiger partial charge on any atom is 0.391 e. The van der Waals surface area contributed by atoms with E-state index in [1.54, 1.807) is 13.1 Å². The van der Waals surface area contributed by atoms with E-state index in [9.17, 15) is 18.3 Å². The minimum Gasteiger partial charge on any atom is -0.508 e. The van der Waals surface area contributed by atoms with Crippen LogP contribution >= 0.6 is 24.0 Å². The van der Waals surface area contributed by atoms with Crippen molar-refractivity contribution in [1.82, 2.24) is 10.6 Å². The van der Waals surface area contributed by atoms with Crippen molar-refractivity contribution in [3.63, 3.8) is 0 Å². The molecule has 0 spiro atoms. The number of fused-ring (bicyclic) bond motifs is 1. The number of nitrogens with one attached hydrogen (secondary N) is 2. The first-order chi connectivity index (χ1) is 12.9. The third kappa shape index (κ3) is 5.67. The van der Waals surface area contributed by atoms with Gasteiger partial charge in [0.1, 0.15) is 5.75 Å². The lowest BCUT2D eigenvalue weighted by atomic mass is 9.85. The largest absolute Gasteiger partial charge is 0.508 e. The van der Waals surface area contributed by atoms with E-state index in [2.05, 4.69) is 15.6 Å². The lowest BCUT2D eigenvalue weighted by Crippen LogP contribution is -2.45. The van der Waals surface area contributed by atoms with E-state index in [0.29, 0.717) is 25.3 Å². The monoisotopic (exact) mass is 511 g/mol. The number of aryl methyl sites for hydroxylation is 1. The molecule has 2 aliphatic rings. The van der Waals surface area contributed by atoms with Gasteiger partial charge in [-0.3, -0.25) is 4.99 Å². The van der Waals surface area contributed by atoms with Gasteiger partial charge in [-0.05, 0) is 68.6 Å². The number of aliphatic imine (C=N–C) groups is 1. The van der Waals surface area contributed by atoms with Gasteiger partial charge in [0.05, 0.1) is 5.92 Å². The maximum atomic E-state index is 12.8. The second kappa shape index (κ2) is 10.0. The zero-order valence-corrected chi connectivity index (χ0v) is 18.4. The molecule has 1 fully saturated rings. The molecule has 0 unspecified atom stereocenters. The molecule has 0 heterocycles. The van der Waals surface area contributed by atoms with Gasteiger partial charge in [0, 0.05) is 25.2 Å². The second-order valence-electron chi connectivity index (χ2n) is 7.57.